The van der Waals surface area contributed by atoms with E-state index in [1.165, 1.54) is 0 Å². The highest BCUT2D eigenvalue weighted by Crippen LogP contribution is 2.20. The van der Waals surface area contributed by atoms with E-state index in [0.29, 0.717) is 0 Å². The molecule has 0 radical (unpaired) electrons. The largest absolute Gasteiger partial charge is 0.461 e. The molecule has 0 aliphatic rings. The topological polar surface area (TPSA) is 31.0 Å². The minimum Gasteiger partial charge on any atom is -0.461 e. The van der Waals surface area contributed by atoms with Gasteiger partial charge in [-0.05, 0) is 28.1 Å². The van der Waals surface area contributed by atoms with Crippen molar-refractivity contribution in [2.45, 2.75) is 0 Å². The highest BCUT2D eigenvalue weighted by Gasteiger charge is 2.07. The van der Waals surface area contributed by atoms with Crippen LogP contribution in [-0.2, 0) is 7.05 Å². The molecule has 62 valence electrons. The Balaban J connectivity index is 2.54. The van der Waals surface area contributed by atoms with Crippen molar-refractivity contribution >= 4 is 15.9 Å². The first-order valence-corrected chi connectivity index (χ1v) is 4.29. The van der Waals surface area contributed by atoms with Crippen LogP contribution in [0, 0.1) is 0 Å². The predicted molar refractivity (Wildman–Crippen MR) is 48.6 cm³/mol. The molecule has 2 rings (SSSR count). The minimum absolute atomic E-state index is 0.781. The average Bonchev–Trinajstić information content (AvgIpc) is 2.58. The van der Waals surface area contributed by atoms with Gasteiger partial charge in [0.15, 0.2) is 11.6 Å². The summed E-state index contributed by atoms with van der Waals surface area (Å²) in [5.41, 5.74) is 0. The highest BCUT2D eigenvalue weighted by molar-refractivity contribution is 9.10. The van der Waals surface area contributed by atoms with Crippen LogP contribution in [0.25, 0.3) is 11.6 Å². The molecule has 0 fully saturated rings. The van der Waals surface area contributed by atoms with Gasteiger partial charge < -0.3 is 8.98 Å². The molecule has 0 bridgehead atoms. The lowest BCUT2D eigenvalue weighted by Gasteiger charge is -1.94. The Morgan fingerprint density at radius 3 is 2.92 bits per heavy atom. The van der Waals surface area contributed by atoms with Gasteiger partial charge >= 0.3 is 0 Å². The Morgan fingerprint density at radius 1 is 1.58 bits per heavy atom. The fourth-order valence-electron chi connectivity index (χ4n) is 1.06. The molecule has 0 aromatic carbocycles. The number of aromatic nitrogens is 2. The highest BCUT2D eigenvalue weighted by atomic mass is 79.9. The molecule has 0 amide bonds. The Bertz CT molecular complexity index is 378. The lowest BCUT2D eigenvalue weighted by molar-refractivity contribution is 0.574. The monoisotopic (exact) mass is 226 g/mol. The van der Waals surface area contributed by atoms with Gasteiger partial charge in [-0.25, -0.2) is 4.98 Å². The zero-order chi connectivity index (χ0) is 8.55. The summed E-state index contributed by atoms with van der Waals surface area (Å²) in [6.45, 7) is 0. The van der Waals surface area contributed by atoms with Gasteiger partial charge in [0.1, 0.15) is 4.60 Å². The number of furan rings is 1. The van der Waals surface area contributed by atoms with Crippen LogP contribution in [0.5, 0.6) is 0 Å². The van der Waals surface area contributed by atoms with Gasteiger partial charge in [0.25, 0.3) is 0 Å². The molecule has 2 aromatic rings. The molecule has 2 aromatic heterocycles. The van der Waals surface area contributed by atoms with E-state index in [-0.39, 0.29) is 0 Å². The Hall–Kier alpha value is -1.03. The zero-order valence-corrected chi connectivity index (χ0v) is 8.08. The van der Waals surface area contributed by atoms with E-state index in [2.05, 4.69) is 20.9 Å². The standard InChI is InChI=1S/C8H7BrN2O/c1-11-5-7(9)10-8(11)6-3-2-4-12-6/h2-5H,1H3. The van der Waals surface area contributed by atoms with Gasteiger partial charge in [-0.15, -0.1) is 0 Å². The summed E-state index contributed by atoms with van der Waals surface area (Å²) < 4.78 is 7.93. The second-order valence-electron chi connectivity index (χ2n) is 2.48. The summed E-state index contributed by atoms with van der Waals surface area (Å²) in [6.07, 6.45) is 3.52. The van der Waals surface area contributed by atoms with Crippen LogP contribution in [0.2, 0.25) is 0 Å². The number of aryl methyl sites for hydroxylation is 1. The first kappa shape index (κ1) is 7.61. The molecule has 0 saturated heterocycles. The Kier molecular flexibility index (Phi) is 1.77. The molecule has 3 nitrogen and oxygen atoms in total. The maximum atomic E-state index is 5.21. The van der Waals surface area contributed by atoms with Gasteiger partial charge in [-0.3, -0.25) is 0 Å². The summed E-state index contributed by atoms with van der Waals surface area (Å²) >= 11 is 3.29. The van der Waals surface area contributed by atoms with Gasteiger partial charge in [0.2, 0.25) is 0 Å². The molecule has 2 heterocycles. The predicted octanol–water partition coefficient (Wildman–Crippen LogP) is 2.44. The summed E-state index contributed by atoms with van der Waals surface area (Å²) in [5, 5.41) is 0. The number of halogens is 1. The van der Waals surface area contributed by atoms with Crippen LogP contribution >= 0.6 is 15.9 Å². The summed E-state index contributed by atoms with van der Waals surface area (Å²) in [6, 6.07) is 3.73. The smallest absolute Gasteiger partial charge is 0.177 e. The molecule has 4 heteroatoms. The van der Waals surface area contributed by atoms with Crippen LogP contribution in [-0.4, -0.2) is 9.55 Å². The van der Waals surface area contributed by atoms with E-state index in [4.69, 9.17) is 4.42 Å². The van der Waals surface area contributed by atoms with E-state index >= 15 is 0 Å². The van der Waals surface area contributed by atoms with Gasteiger partial charge in [-0.1, -0.05) is 0 Å². The first-order chi connectivity index (χ1) is 5.77. The molecule has 12 heavy (non-hydrogen) atoms. The lowest BCUT2D eigenvalue weighted by atomic mass is 10.4. The molecule has 0 aliphatic heterocycles. The van der Waals surface area contributed by atoms with Gasteiger partial charge in [0.05, 0.1) is 6.26 Å². The van der Waals surface area contributed by atoms with Gasteiger partial charge in [0, 0.05) is 13.2 Å². The van der Waals surface area contributed by atoms with Crippen molar-refractivity contribution < 1.29 is 4.42 Å². The number of nitrogens with zero attached hydrogens (tertiary/aromatic N) is 2. The fraction of sp³-hybridized carbons (Fsp3) is 0.125. The number of rotatable bonds is 1. The third kappa shape index (κ3) is 1.18. The SMILES string of the molecule is Cn1cc(Br)nc1-c1ccco1. The minimum atomic E-state index is 0.781. The van der Waals surface area contributed by atoms with E-state index in [1.807, 2.05) is 29.9 Å². The van der Waals surface area contributed by atoms with Crippen LogP contribution in [0.1, 0.15) is 0 Å². The fourth-order valence-corrected chi connectivity index (χ4v) is 1.54. The molecular weight excluding hydrogens is 220 g/mol. The van der Waals surface area contributed by atoms with Crippen LogP contribution in [0.4, 0.5) is 0 Å². The van der Waals surface area contributed by atoms with Crippen molar-refractivity contribution in [2.75, 3.05) is 0 Å². The lowest BCUT2D eigenvalue weighted by Crippen LogP contribution is -1.88. The summed E-state index contributed by atoms with van der Waals surface area (Å²) in [7, 11) is 1.93. The van der Waals surface area contributed by atoms with Crippen molar-refractivity contribution in [1.29, 1.82) is 0 Å². The van der Waals surface area contributed by atoms with Crippen LogP contribution < -0.4 is 0 Å². The summed E-state index contributed by atoms with van der Waals surface area (Å²) in [4.78, 5) is 4.24. The Morgan fingerprint density at radius 2 is 2.42 bits per heavy atom. The maximum absolute atomic E-state index is 5.21. The third-order valence-electron chi connectivity index (χ3n) is 1.59. The van der Waals surface area contributed by atoms with Crippen molar-refractivity contribution in [1.82, 2.24) is 9.55 Å². The van der Waals surface area contributed by atoms with Crippen LogP contribution in [0.3, 0.4) is 0 Å². The molecule has 0 saturated carbocycles. The molecule has 0 atom stereocenters. The molecular formula is C8H7BrN2O. The Labute approximate surface area is 78.2 Å². The van der Waals surface area contributed by atoms with E-state index in [9.17, 15) is 0 Å². The number of imidazole rings is 1. The van der Waals surface area contributed by atoms with E-state index in [1.54, 1.807) is 6.26 Å². The van der Waals surface area contributed by atoms with Crippen LogP contribution in [0.15, 0.2) is 33.6 Å². The van der Waals surface area contributed by atoms with Crippen molar-refractivity contribution in [3.8, 4) is 11.6 Å². The van der Waals surface area contributed by atoms with E-state index < -0.39 is 0 Å². The quantitative estimate of drug-likeness (QED) is 0.749. The van der Waals surface area contributed by atoms with Crippen molar-refractivity contribution in [2.24, 2.45) is 7.05 Å². The average molecular weight is 227 g/mol. The van der Waals surface area contributed by atoms with E-state index in [0.717, 1.165) is 16.2 Å². The normalized spacial score (nSPS) is 10.5. The second kappa shape index (κ2) is 2.79. The molecule has 0 N–H and O–H groups in total. The maximum Gasteiger partial charge on any atom is 0.177 e. The molecule has 0 spiro atoms. The van der Waals surface area contributed by atoms with Gasteiger partial charge in [-0.2, -0.15) is 0 Å². The second-order valence-corrected chi connectivity index (χ2v) is 3.29. The summed E-state index contributed by atoms with van der Waals surface area (Å²) in [5.74, 6) is 1.61. The third-order valence-corrected chi connectivity index (χ3v) is 1.97. The number of hydrogen-bond acceptors (Lipinski definition) is 2. The first-order valence-electron chi connectivity index (χ1n) is 3.50. The molecule has 0 unspecified atom stereocenters. The molecule has 0 aliphatic carbocycles. The van der Waals surface area contributed by atoms with Crippen molar-refractivity contribution in [3.63, 3.8) is 0 Å². The van der Waals surface area contributed by atoms with Crippen molar-refractivity contribution in [3.05, 3.63) is 29.2 Å². The number of hydrogen-bond donors (Lipinski definition) is 0. The zero-order valence-electron chi connectivity index (χ0n) is 6.49.